The molecule has 0 bridgehead atoms. The van der Waals surface area contributed by atoms with Crippen molar-refractivity contribution in [2.75, 3.05) is 56.3 Å². The predicted octanol–water partition coefficient (Wildman–Crippen LogP) is 5.42. The summed E-state index contributed by atoms with van der Waals surface area (Å²) in [4.78, 5) is 14.9. The van der Waals surface area contributed by atoms with Gasteiger partial charge in [0.25, 0.3) is 0 Å². The number of nitrogens with zero attached hydrogens (tertiary/aromatic N) is 1. The molecule has 0 aliphatic carbocycles. The molecule has 0 radical (unpaired) electrons. The zero-order valence-corrected chi connectivity index (χ0v) is 21.8. The Labute approximate surface area is 209 Å². The largest absolute Gasteiger partial charge is 0.494 e. The van der Waals surface area contributed by atoms with Gasteiger partial charge in [-0.15, -0.1) is 0 Å². The van der Waals surface area contributed by atoms with Crippen LogP contribution in [0.1, 0.15) is 53.0 Å². The van der Waals surface area contributed by atoms with Crippen LogP contribution in [-0.4, -0.2) is 52.0 Å². The first-order chi connectivity index (χ1) is 16.8. The summed E-state index contributed by atoms with van der Waals surface area (Å²) in [6.45, 7) is 14.9. The summed E-state index contributed by atoms with van der Waals surface area (Å²) in [6.07, 6.45) is 0.960. The van der Waals surface area contributed by atoms with Crippen LogP contribution in [0, 0.1) is 0 Å². The molecule has 0 atom stereocenters. The van der Waals surface area contributed by atoms with Gasteiger partial charge >= 0.3 is 0 Å². The van der Waals surface area contributed by atoms with E-state index in [0.29, 0.717) is 57.3 Å². The van der Waals surface area contributed by atoms with Crippen LogP contribution in [0.4, 0.5) is 11.4 Å². The second-order valence-corrected chi connectivity index (χ2v) is 9.56. The molecule has 0 aromatic heterocycles. The minimum Gasteiger partial charge on any atom is -0.494 e. The van der Waals surface area contributed by atoms with Gasteiger partial charge in [0.2, 0.25) is 5.91 Å². The SMILES string of the molecule is CCOc1cc(N2CCOCC2)c(OCC)cc1NC(=O)CCCOc1ccc(C(C)(C)C)cc1. The van der Waals surface area contributed by atoms with Crippen LogP contribution in [-0.2, 0) is 14.9 Å². The number of amides is 1. The number of carbonyl (C=O) groups is 1. The van der Waals surface area contributed by atoms with E-state index in [-0.39, 0.29) is 11.3 Å². The maximum atomic E-state index is 12.7. The van der Waals surface area contributed by atoms with Crippen molar-refractivity contribution in [2.45, 2.75) is 52.9 Å². The van der Waals surface area contributed by atoms with Crippen molar-refractivity contribution in [2.24, 2.45) is 0 Å². The van der Waals surface area contributed by atoms with E-state index >= 15 is 0 Å². The van der Waals surface area contributed by atoms with Crippen molar-refractivity contribution < 1.29 is 23.7 Å². The zero-order valence-electron chi connectivity index (χ0n) is 21.8. The fourth-order valence-electron chi connectivity index (χ4n) is 3.93. The Balaban J connectivity index is 1.59. The van der Waals surface area contributed by atoms with E-state index in [2.05, 4.69) is 43.1 Å². The van der Waals surface area contributed by atoms with E-state index in [9.17, 15) is 4.79 Å². The molecule has 1 heterocycles. The number of rotatable bonds is 11. The lowest BCUT2D eigenvalue weighted by molar-refractivity contribution is -0.116. The topological polar surface area (TPSA) is 69.3 Å². The first-order valence-electron chi connectivity index (χ1n) is 12.6. The number of nitrogens with one attached hydrogen (secondary N) is 1. The van der Waals surface area contributed by atoms with Crippen LogP contribution < -0.4 is 24.4 Å². The molecule has 1 amide bonds. The maximum Gasteiger partial charge on any atom is 0.224 e. The molecule has 1 fully saturated rings. The summed E-state index contributed by atoms with van der Waals surface area (Å²) in [6, 6.07) is 12.0. The molecule has 7 heteroatoms. The summed E-state index contributed by atoms with van der Waals surface area (Å²) in [7, 11) is 0. The van der Waals surface area contributed by atoms with Gasteiger partial charge < -0.3 is 29.2 Å². The number of hydrogen-bond donors (Lipinski definition) is 1. The number of carbonyl (C=O) groups excluding carboxylic acids is 1. The van der Waals surface area contributed by atoms with Gasteiger partial charge in [0.05, 0.1) is 44.4 Å². The number of morpholine rings is 1. The van der Waals surface area contributed by atoms with Gasteiger partial charge in [-0.25, -0.2) is 0 Å². The molecule has 35 heavy (non-hydrogen) atoms. The van der Waals surface area contributed by atoms with Crippen LogP contribution in [0.25, 0.3) is 0 Å². The van der Waals surface area contributed by atoms with Gasteiger partial charge in [-0.2, -0.15) is 0 Å². The van der Waals surface area contributed by atoms with E-state index in [1.165, 1.54) is 5.56 Å². The highest BCUT2D eigenvalue weighted by Crippen LogP contribution is 2.39. The average Bonchev–Trinajstić information content (AvgIpc) is 2.84. The maximum absolute atomic E-state index is 12.7. The Kier molecular flexibility index (Phi) is 9.66. The van der Waals surface area contributed by atoms with Crippen LogP contribution in [0.3, 0.4) is 0 Å². The highest BCUT2D eigenvalue weighted by Gasteiger charge is 2.20. The molecular weight excluding hydrogens is 444 g/mol. The first kappa shape index (κ1) is 26.7. The molecule has 0 saturated carbocycles. The Hall–Kier alpha value is -2.93. The van der Waals surface area contributed by atoms with Crippen molar-refractivity contribution in [1.82, 2.24) is 0 Å². The van der Waals surface area contributed by atoms with Crippen molar-refractivity contribution in [3.05, 3.63) is 42.0 Å². The smallest absolute Gasteiger partial charge is 0.224 e. The molecule has 1 saturated heterocycles. The van der Waals surface area contributed by atoms with Crippen molar-refractivity contribution >= 4 is 17.3 Å². The Morgan fingerprint density at radius 2 is 1.63 bits per heavy atom. The lowest BCUT2D eigenvalue weighted by Gasteiger charge is -2.31. The van der Waals surface area contributed by atoms with Gasteiger partial charge in [0.15, 0.2) is 0 Å². The summed E-state index contributed by atoms with van der Waals surface area (Å²) >= 11 is 0. The van der Waals surface area contributed by atoms with Crippen LogP contribution in [0.5, 0.6) is 17.2 Å². The Morgan fingerprint density at radius 3 is 2.26 bits per heavy atom. The zero-order chi connectivity index (χ0) is 25.3. The third-order valence-electron chi connectivity index (χ3n) is 5.82. The summed E-state index contributed by atoms with van der Waals surface area (Å²) < 4.78 is 23.1. The minimum absolute atomic E-state index is 0.0841. The highest BCUT2D eigenvalue weighted by molar-refractivity contribution is 5.93. The Bertz CT molecular complexity index is 947. The molecule has 7 nitrogen and oxygen atoms in total. The highest BCUT2D eigenvalue weighted by atomic mass is 16.5. The molecule has 2 aromatic rings. The van der Waals surface area contributed by atoms with Gasteiger partial charge in [-0.3, -0.25) is 4.79 Å². The molecule has 2 aromatic carbocycles. The minimum atomic E-state index is -0.0841. The van der Waals surface area contributed by atoms with E-state index in [1.807, 2.05) is 38.1 Å². The van der Waals surface area contributed by atoms with Crippen LogP contribution >= 0.6 is 0 Å². The van der Waals surface area contributed by atoms with E-state index in [0.717, 1.165) is 30.3 Å². The van der Waals surface area contributed by atoms with Gasteiger partial charge in [0, 0.05) is 31.6 Å². The van der Waals surface area contributed by atoms with Gasteiger partial charge in [-0.1, -0.05) is 32.9 Å². The average molecular weight is 485 g/mol. The molecular formula is C28H40N2O5. The van der Waals surface area contributed by atoms with Gasteiger partial charge in [-0.05, 0) is 43.4 Å². The summed E-state index contributed by atoms with van der Waals surface area (Å²) in [5.41, 5.74) is 2.96. The second kappa shape index (κ2) is 12.7. The first-order valence-corrected chi connectivity index (χ1v) is 12.6. The van der Waals surface area contributed by atoms with E-state index in [4.69, 9.17) is 18.9 Å². The molecule has 0 unspecified atom stereocenters. The number of ether oxygens (including phenoxy) is 4. The van der Waals surface area contributed by atoms with Crippen molar-refractivity contribution in [3.8, 4) is 17.2 Å². The van der Waals surface area contributed by atoms with Crippen LogP contribution in [0.15, 0.2) is 36.4 Å². The monoisotopic (exact) mass is 484 g/mol. The molecule has 1 N–H and O–H groups in total. The fraction of sp³-hybridized carbons (Fsp3) is 0.536. The third kappa shape index (κ3) is 7.79. The summed E-state index contributed by atoms with van der Waals surface area (Å²) in [5.74, 6) is 2.10. The number of anilines is 2. The van der Waals surface area contributed by atoms with Crippen molar-refractivity contribution in [1.29, 1.82) is 0 Å². The van der Waals surface area contributed by atoms with Crippen molar-refractivity contribution in [3.63, 3.8) is 0 Å². The normalized spacial score (nSPS) is 13.9. The lowest BCUT2D eigenvalue weighted by Crippen LogP contribution is -2.36. The van der Waals surface area contributed by atoms with Crippen LogP contribution in [0.2, 0.25) is 0 Å². The standard InChI is InChI=1S/C28H40N2O5/c1-6-33-25-20-24(30-14-17-32-18-15-30)26(34-7-2)19-23(25)29-27(31)9-8-16-35-22-12-10-21(11-13-22)28(3,4)5/h10-13,19-20H,6-9,14-18H2,1-5H3,(H,29,31). The number of hydrogen-bond acceptors (Lipinski definition) is 6. The third-order valence-corrected chi connectivity index (χ3v) is 5.82. The molecule has 1 aliphatic heterocycles. The summed E-state index contributed by atoms with van der Waals surface area (Å²) in [5, 5.41) is 3.00. The molecule has 192 valence electrons. The fourth-order valence-corrected chi connectivity index (χ4v) is 3.93. The molecule has 3 rings (SSSR count). The van der Waals surface area contributed by atoms with E-state index in [1.54, 1.807) is 0 Å². The predicted molar refractivity (Wildman–Crippen MR) is 140 cm³/mol. The lowest BCUT2D eigenvalue weighted by atomic mass is 9.87. The Morgan fingerprint density at radius 1 is 0.971 bits per heavy atom. The van der Waals surface area contributed by atoms with Gasteiger partial charge in [0.1, 0.15) is 17.2 Å². The quantitative estimate of drug-likeness (QED) is 0.430. The molecule has 1 aliphatic rings. The number of benzene rings is 2. The second-order valence-electron chi connectivity index (χ2n) is 9.56. The molecule has 0 spiro atoms. The van der Waals surface area contributed by atoms with E-state index < -0.39 is 0 Å².